The minimum absolute atomic E-state index is 0.0452. The lowest BCUT2D eigenvalue weighted by Crippen LogP contribution is -2.49. The Hall–Kier alpha value is -2.28. The summed E-state index contributed by atoms with van der Waals surface area (Å²) in [5.41, 5.74) is 2.50. The number of carbonyl (C=O) groups is 2. The second kappa shape index (κ2) is 6.87. The highest BCUT2D eigenvalue weighted by Gasteiger charge is 2.30. The highest BCUT2D eigenvalue weighted by atomic mass is 32.1. The van der Waals surface area contributed by atoms with Crippen LogP contribution in [-0.2, 0) is 9.59 Å². The monoisotopic (exact) mass is 330 g/mol. The third-order valence-corrected chi connectivity index (χ3v) is 4.52. The van der Waals surface area contributed by atoms with E-state index in [1.54, 1.807) is 4.90 Å². The molecule has 0 unspecified atom stereocenters. The summed E-state index contributed by atoms with van der Waals surface area (Å²) >= 11 is 1.30. The van der Waals surface area contributed by atoms with Crippen molar-refractivity contribution in [1.82, 2.24) is 14.5 Å². The van der Waals surface area contributed by atoms with Crippen LogP contribution in [0.25, 0.3) is 11.3 Å². The van der Waals surface area contributed by atoms with E-state index in [-0.39, 0.29) is 17.9 Å². The Morgan fingerprint density at radius 3 is 2.70 bits per heavy atom. The van der Waals surface area contributed by atoms with Crippen LogP contribution in [0.15, 0.2) is 29.6 Å². The van der Waals surface area contributed by atoms with Gasteiger partial charge in [-0.3, -0.25) is 9.59 Å². The van der Waals surface area contributed by atoms with Crippen LogP contribution >= 0.6 is 11.5 Å². The van der Waals surface area contributed by atoms with E-state index in [4.69, 9.17) is 0 Å². The van der Waals surface area contributed by atoms with Gasteiger partial charge in [0.25, 0.3) is 0 Å². The van der Waals surface area contributed by atoms with Gasteiger partial charge in [0, 0.05) is 30.1 Å². The van der Waals surface area contributed by atoms with E-state index < -0.39 is 0 Å². The number of amides is 2. The first kappa shape index (κ1) is 15.6. The molecule has 1 aliphatic rings. The molecular formula is C16H18N4O2S. The highest BCUT2D eigenvalue weighted by Crippen LogP contribution is 2.22. The summed E-state index contributed by atoms with van der Waals surface area (Å²) < 4.78 is 3.84. The molecular weight excluding hydrogens is 312 g/mol. The van der Waals surface area contributed by atoms with Gasteiger partial charge in [0.05, 0.1) is 0 Å². The van der Waals surface area contributed by atoms with Crippen LogP contribution < -0.4 is 5.32 Å². The maximum Gasteiger partial charge on any atom is 0.247 e. The van der Waals surface area contributed by atoms with Crippen molar-refractivity contribution < 1.29 is 9.59 Å². The summed E-state index contributed by atoms with van der Waals surface area (Å²) in [6.45, 7) is 2.17. The lowest BCUT2D eigenvalue weighted by molar-refractivity contribution is -0.138. The van der Waals surface area contributed by atoms with Gasteiger partial charge in [0.15, 0.2) is 0 Å². The Labute approximate surface area is 138 Å². The van der Waals surface area contributed by atoms with Gasteiger partial charge in [-0.25, -0.2) is 0 Å². The normalized spacial score (nSPS) is 17.8. The fourth-order valence-electron chi connectivity index (χ4n) is 2.82. The molecule has 0 spiro atoms. The molecule has 1 atom stereocenters. The summed E-state index contributed by atoms with van der Waals surface area (Å²) in [4.78, 5) is 25.8. The van der Waals surface area contributed by atoms with E-state index in [1.165, 1.54) is 18.5 Å². The zero-order chi connectivity index (χ0) is 16.2. The van der Waals surface area contributed by atoms with Crippen LogP contribution in [0.2, 0.25) is 0 Å². The van der Waals surface area contributed by atoms with Crippen molar-refractivity contribution in [2.75, 3.05) is 11.9 Å². The molecule has 1 aromatic heterocycles. The summed E-state index contributed by atoms with van der Waals surface area (Å²) in [6, 6.07) is 7.11. The van der Waals surface area contributed by atoms with Crippen LogP contribution in [0.1, 0.15) is 26.2 Å². The van der Waals surface area contributed by atoms with Gasteiger partial charge in [-0.05, 0) is 42.9 Å². The highest BCUT2D eigenvalue weighted by molar-refractivity contribution is 7.03. The Kier molecular flexibility index (Phi) is 4.66. The van der Waals surface area contributed by atoms with Crippen molar-refractivity contribution in [2.24, 2.45) is 0 Å². The van der Waals surface area contributed by atoms with Crippen molar-refractivity contribution in [3.63, 3.8) is 0 Å². The molecule has 1 aromatic carbocycles. The second-order valence-electron chi connectivity index (χ2n) is 5.58. The molecule has 120 valence electrons. The number of benzene rings is 1. The zero-order valence-electron chi connectivity index (χ0n) is 12.9. The summed E-state index contributed by atoms with van der Waals surface area (Å²) in [5.74, 6) is -0.167. The molecule has 1 N–H and O–H groups in total. The average Bonchev–Trinajstić information content (AvgIpc) is 3.10. The number of hydrogen-bond acceptors (Lipinski definition) is 5. The molecule has 2 amide bonds. The number of aromatic nitrogens is 2. The Morgan fingerprint density at radius 2 is 2.04 bits per heavy atom. The maximum absolute atomic E-state index is 12.5. The topological polar surface area (TPSA) is 75.2 Å². The van der Waals surface area contributed by atoms with Gasteiger partial charge in [-0.15, -0.1) is 5.10 Å². The summed E-state index contributed by atoms with van der Waals surface area (Å²) in [6.07, 6.45) is 2.64. The number of nitrogens with one attached hydrogen (secondary N) is 1. The molecule has 1 fully saturated rings. The number of anilines is 1. The van der Waals surface area contributed by atoms with E-state index in [1.807, 2.05) is 29.6 Å². The van der Waals surface area contributed by atoms with Crippen LogP contribution in [0.4, 0.5) is 5.69 Å². The largest absolute Gasteiger partial charge is 0.331 e. The number of nitrogens with zero attached hydrogens (tertiary/aromatic N) is 3. The SMILES string of the molecule is CC(=O)N1CCCC[C@@H]1C(=O)Nc1ccc(-c2csnn2)cc1. The first-order chi connectivity index (χ1) is 11.1. The third kappa shape index (κ3) is 3.56. The third-order valence-electron chi connectivity index (χ3n) is 4.02. The van der Waals surface area contributed by atoms with E-state index in [2.05, 4.69) is 14.9 Å². The van der Waals surface area contributed by atoms with Crippen molar-refractivity contribution in [1.29, 1.82) is 0 Å². The average molecular weight is 330 g/mol. The predicted octanol–water partition coefficient (Wildman–Crippen LogP) is 2.54. The van der Waals surface area contributed by atoms with E-state index in [0.29, 0.717) is 13.0 Å². The Bertz CT molecular complexity index is 685. The number of rotatable bonds is 3. The minimum atomic E-state index is -0.372. The fraction of sp³-hybridized carbons (Fsp3) is 0.375. The summed E-state index contributed by atoms with van der Waals surface area (Å²) in [5, 5.41) is 8.79. The van der Waals surface area contributed by atoms with Gasteiger partial charge in [0.2, 0.25) is 11.8 Å². The number of carbonyl (C=O) groups excluding carboxylic acids is 2. The number of hydrogen-bond donors (Lipinski definition) is 1. The molecule has 2 heterocycles. The molecule has 6 nitrogen and oxygen atoms in total. The standard InChI is InChI=1S/C16H18N4O2S/c1-11(21)20-9-3-2-4-15(20)16(22)17-13-7-5-12(6-8-13)14-10-23-19-18-14/h5-8,10,15H,2-4,9H2,1H3,(H,17,22)/t15-/m1/s1. The van der Waals surface area contributed by atoms with Gasteiger partial charge < -0.3 is 10.2 Å². The smallest absolute Gasteiger partial charge is 0.247 e. The molecule has 3 rings (SSSR count). The van der Waals surface area contributed by atoms with E-state index in [0.717, 1.165) is 29.8 Å². The zero-order valence-corrected chi connectivity index (χ0v) is 13.7. The Balaban J connectivity index is 1.68. The first-order valence-corrected chi connectivity index (χ1v) is 8.44. The number of piperidine rings is 1. The van der Waals surface area contributed by atoms with E-state index in [9.17, 15) is 9.59 Å². The lowest BCUT2D eigenvalue weighted by Gasteiger charge is -2.33. The van der Waals surface area contributed by atoms with Crippen molar-refractivity contribution >= 4 is 29.0 Å². The fourth-order valence-corrected chi connectivity index (χ4v) is 3.29. The van der Waals surface area contributed by atoms with Gasteiger partial charge in [-0.1, -0.05) is 16.6 Å². The quantitative estimate of drug-likeness (QED) is 0.938. The van der Waals surface area contributed by atoms with Crippen molar-refractivity contribution in [2.45, 2.75) is 32.2 Å². The first-order valence-electron chi connectivity index (χ1n) is 7.61. The molecule has 0 saturated carbocycles. The number of likely N-dealkylation sites (tertiary alicyclic amines) is 1. The van der Waals surface area contributed by atoms with Crippen LogP contribution in [-0.4, -0.2) is 38.9 Å². The van der Waals surface area contributed by atoms with Gasteiger partial charge in [-0.2, -0.15) is 0 Å². The molecule has 2 aromatic rings. The van der Waals surface area contributed by atoms with Gasteiger partial charge in [0.1, 0.15) is 11.7 Å². The van der Waals surface area contributed by atoms with Crippen molar-refractivity contribution in [3.8, 4) is 11.3 Å². The lowest BCUT2D eigenvalue weighted by atomic mass is 10.0. The predicted molar refractivity (Wildman–Crippen MR) is 89.0 cm³/mol. The minimum Gasteiger partial charge on any atom is -0.331 e. The molecule has 0 bridgehead atoms. The van der Waals surface area contributed by atoms with Crippen LogP contribution in [0.3, 0.4) is 0 Å². The molecule has 7 heteroatoms. The van der Waals surface area contributed by atoms with Gasteiger partial charge >= 0.3 is 0 Å². The van der Waals surface area contributed by atoms with Crippen molar-refractivity contribution in [3.05, 3.63) is 29.6 Å². The molecule has 0 aliphatic carbocycles. The van der Waals surface area contributed by atoms with Crippen LogP contribution in [0, 0.1) is 0 Å². The molecule has 1 aliphatic heterocycles. The summed E-state index contributed by atoms with van der Waals surface area (Å²) in [7, 11) is 0. The maximum atomic E-state index is 12.5. The molecule has 1 saturated heterocycles. The Morgan fingerprint density at radius 1 is 1.26 bits per heavy atom. The van der Waals surface area contributed by atoms with E-state index >= 15 is 0 Å². The van der Waals surface area contributed by atoms with Crippen LogP contribution in [0.5, 0.6) is 0 Å². The molecule has 0 radical (unpaired) electrons. The molecule has 23 heavy (non-hydrogen) atoms. The second-order valence-corrected chi connectivity index (χ2v) is 6.19.